The molecule has 98 valence electrons. The molecule has 0 radical (unpaired) electrons. The summed E-state index contributed by atoms with van der Waals surface area (Å²) >= 11 is 11.0. The monoisotopic (exact) mass is 288 g/mol. The number of halogens is 1. The zero-order chi connectivity index (χ0) is 13.1. The van der Waals surface area contributed by atoms with E-state index in [1.165, 1.54) is 4.90 Å². The summed E-state index contributed by atoms with van der Waals surface area (Å²) in [7, 11) is 0. The van der Waals surface area contributed by atoms with Crippen molar-refractivity contribution < 1.29 is 14.6 Å². The number of H-pyrrole nitrogens is 1. The quantitative estimate of drug-likeness (QED) is 0.821. The highest BCUT2D eigenvalue weighted by atomic mass is 35.5. The predicted molar refractivity (Wildman–Crippen MR) is 69.9 cm³/mol. The van der Waals surface area contributed by atoms with Crippen LogP contribution in [-0.2, 0) is 0 Å². The van der Waals surface area contributed by atoms with Gasteiger partial charge >= 0.3 is 6.09 Å². The standard InChI is InChI=1S/C11H13ClN2O3S/c12-8-6-13-10(18)5-9(8)17-7-1-3-14(4-2-7)11(15)16/h5-7H,1-4H2,(H,13,18)(H,15,16). The molecule has 0 saturated carbocycles. The zero-order valence-corrected chi connectivity index (χ0v) is 11.1. The first-order chi connectivity index (χ1) is 8.56. The number of amides is 1. The molecule has 1 fully saturated rings. The van der Waals surface area contributed by atoms with E-state index in [4.69, 9.17) is 33.7 Å². The van der Waals surface area contributed by atoms with Gasteiger partial charge in [0.25, 0.3) is 0 Å². The van der Waals surface area contributed by atoms with Gasteiger partial charge in [0.05, 0.1) is 5.02 Å². The molecule has 0 bridgehead atoms. The molecule has 2 rings (SSSR count). The number of hydrogen-bond donors (Lipinski definition) is 2. The zero-order valence-electron chi connectivity index (χ0n) is 9.56. The molecule has 1 aliphatic rings. The Labute approximate surface area is 114 Å². The van der Waals surface area contributed by atoms with Gasteiger partial charge in [0.1, 0.15) is 16.5 Å². The van der Waals surface area contributed by atoms with Gasteiger partial charge in [0, 0.05) is 38.2 Å². The van der Waals surface area contributed by atoms with Crippen LogP contribution in [0.25, 0.3) is 0 Å². The molecule has 18 heavy (non-hydrogen) atoms. The van der Waals surface area contributed by atoms with Gasteiger partial charge in [-0.1, -0.05) is 23.8 Å². The maximum atomic E-state index is 10.8. The molecule has 2 N–H and O–H groups in total. The van der Waals surface area contributed by atoms with Gasteiger partial charge in [-0.3, -0.25) is 0 Å². The van der Waals surface area contributed by atoms with Crippen LogP contribution < -0.4 is 4.74 Å². The number of piperidine rings is 1. The van der Waals surface area contributed by atoms with Crippen molar-refractivity contribution in [3.8, 4) is 5.75 Å². The van der Waals surface area contributed by atoms with E-state index >= 15 is 0 Å². The summed E-state index contributed by atoms with van der Waals surface area (Å²) in [5.41, 5.74) is 0. The summed E-state index contributed by atoms with van der Waals surface area (Å²) in [6.07, 6.45) is 2.01. The molecule has 1 saturated heterocycles. The van der Waals surface area contributed by atoms with E-state index in [1.807, 2.05) is 0 Å². The summed E-state index contributed by atoms with van der Waals surface area (Å²) in [4.78, 5) is 15.0. The Balaban J connectivity index is 1.97. The largest absolute Gasteiger partial charge is 0.489 e. The van der Waals surface area contributed by atoms with Crippen molar-refractivity contribution in [2.45, 2.75) is 18.9 Å². The molecule has 1 amide bonds. The number of rotatable bonds is 2. The average molecular weight is 289 g/mol. The summed E-state index contributed by atoms with van der Waals surface area (Å²) in [6.45, 7) is 0.967. The van der Waals surface area contributed by atoms with Crippen LogP contribution in [-0.4, -0.2) is 40.3 Å². The minimum atomic E-state index is -0.881. The van der Waals surface area contributed by atoms with E-state index < -0.39 is 6.09 Å². The van der Waals surface area contributed by atoms with Crippen LogP contribution in [0.5, 0.6) is 5.75 Å². The van der Waals surface area contributed by atoms with Gasteiger partial charge in [-0.25, -0.2) is 4.79 Å². The number of nitrogens with one attached hydrogen (secondary N) is 1. The van der Waals surface area contributed by atoms with Crippen molar-refractivity contribution in [3.63, 3.8) is 0 Å². The molecule has 7 heteroatoms. The Bertz CT molecular complexity index is 497. The van der Waals surface area contributed by atoms with E-state index in [1.54, 1.807) is 12.3 Å². The molecule has 1 aromatic rings. The number of aromatic nitrogens is 1. The number of ether oxygens (including phenoxy) is 1. The number of carboxylic acid groups (broad SMARTS) is 1. The number of nitrogens with zero attached hydrogens (tertiary/aromatic N) is 1. The molecule has 0 atom stereocenters. The third-order valence-corrected chi connectivity index (χ3v) is 3.38. The number of hydrogen-bond acceptors (Lipinski definition) is 3. The van der Waals surface area contributed by atoms with Gasteiger partial charge in [-0.05, 0) is 0 Å². The second-order valence-corrected chi connectivity index (χ2v) is 4.94. The van der Waals surface area contributed by atoms with E-state index in [-0.39, 0.29) is 6.10 Å². The molecule has 5 nitrogen and oxygen atoms in total. The van der Waals surface area contributed by atoms with Crippen molar-refractivity contribution in [2.24, 2.45) is 0 Å². The minimum absolute atomic E-state index is 0.0186. The first-order valence-corrected chi connectivity index (χ1v) is 6.37. The van der Waals surface area contributed by atoms with Gasteiger partial charge < -0.3 is 19.7 Å². The summed E-state index contributed by atoms with van der Waals surface area (Å²) in [5, 5.41) is 9.32. The highest BCUT2D eigenvalue weighted by Gasteiger charge is 2.23. The lowest BCUT2D eigenvalue weighted by Gasteiger charge is -2.30. The second-order valence-electron chi connectivity index (χ2n) is 4.10. The molecule has 1 aromatic heterocycles. The molecule has 2 heterocycles. The van der Waals surface area contributed by atoms with Gasteiger partial charge in [-0.15, -0.1) is 0 Å². The highest BCUT2D eigenvalue weighted by molar-refractivity contribution is 7.71. The van der Waals surface area contributed by atoms with E-state index in [0.29, 0.717) is 41.3 Å². The lowest BCUT2D eigenvalue weighted by Crippen LogP contribution is -2.41. The SMILES string of the molecule is O=C(O)N1CCC(Oc2cc(=S)[nH]cc2Cl)CC1. The Hall–Kier alpha value is -1.27. The van der Waals surface area contributed by atoms with Crippen molar-refractivity contribution in [3.05, 3.63) is 21.9 Å². The number of carbonyl (C=O) groups is 1. The molecule has 1 aliphatic heterocycles. The van der Waals surface area contributed by atoms with E-state index in [9.17, 15) is 4.79 Å². The Morgan fingerprint density at radius 3 is 2.83 bits per heavy atom. The third kappa shape index (κ3) is 3.14. The summed E-state index contributed by atoms with van der Waals surface area (Å²) < 4.78 is 6.31. The third-order valence-electron chi connectivity index (χ3n) is 2.84. The lowest BCUT2D eigenvalue weighted by molar-refractivity contribution is 0.0894. The Morgan fingerprint density at radius 2 is 2.22 bits per heavy atom. The lowest BCUT2D eigenvalue weighted by atomic mass is 10.1. The number of likely N-dealkylation sites (tertiary alicyclic amines) is 1. The van der Waals surface area contributed by atoms with Crippen LogP contribution >= 0.6 is 23.8 Å². The first kappa shape index (κ1) is 13.2. The predicted octanol–water partition coefficient (Wildman–Crippen LogP) is 2.92. The van der Waals surface area contributed by atoms with Crippen molar-refractivity contribution in [2.75, 3.05) is 13.1 Å². The molecular weight excluding hydrogens is 276 g/mol. The Kier molecular flexibility index (Phi) is 4.08. The maximum absolute atomic E-state index is 10.8. The van der Waals surface area contributed by atoms with Crippen LogP contribution in [0, 0.1) is 4.64 Å². The van der Waals surface area contributed by atoms with Gasteiger partial charge in [0.15, 0.2) is 0 Å². The van der Waals surface area contributed by atoms with Crippen LogP contribution in [0.3, 0.4) is 0 Å². The summed E-state index contributed by atoms with van der Waals surface area (Å²) in [5.74, 6) is 0.550. The van der Waals surface area contributed by atoms with E-state index in [0.717, 1.165) is 0 Å². The average Bonchev–Trinajstić information content (AvgIpc) is 2.34. The van der Waals surface area contributed by atoms with Crippen LogP contribution in [0.2, 0.25) is 5.02 Å². The highest BCUT2D eigenvalue weighted by Crippen LogP contribution is 2.26. The second kappa shape index (κ2) is 5.58. The van der Waals surface area contributed by atoms with Crippen molar-refractivity contribution in [1.82, 2.24) is 9.88 Å². The van der Waals surface area contributed by atoms with Crippen LogP contribution in [0.4, 0.5) is 4.79 Å². The molecular formula is C11H13ClN2O3S. The smallest absolute Gasteiger partial charge is 0.407 e. The summed E-state index contributed by atoms with van der Waals surface area (Å²) in [6, 6.07) is 1.67. The van der Waals surface area contributed by atoms with Gasteiger partial charge in [0.2, 0.25) is 0 Å². The van der Waals surface area contributed by atoms with Crippen LogP contribution in [0.15, 0.2) is 12.3 Å². The number of pyridine rings is 1. The number of aromatic amines is 1. The molecule has 0 aromatic carbocycles. The van der Waals surface area contributed by atoms with E-state index in [2.05, 4.69) is 4.98 Å². The topological polar surface area (TPSA) is 65.6 Å². The molecule has 0 spiro atoms. The fourth-order valence-electron chi connectivity index (χ4n) is 1.87. The van der Waals surface area contributed by atoms with Crippen molar-refractivity contribution in [1.29, 1.82) is 0 Å². The normalized spacial score (nSPS) is 16.6. The van der Waals surface area contributed by atoms with Crippen LogP contribution in [0.1, 0.15) is 12.8 Å². The fourth-order valence-corrected chi connectivity index (χ4v) is 2.19. The molecule has 0 aliphatic carbocycles. The maximum Gasteiger partial charge on any atom is 0.407 e. The first-order valence-electron chi connectivity index (χ1n) is 5.59. The van der Waals surface area contributed by atoms with Crippen molar-refractivity contribution >= 4 is 29.9 Å². The fraction of sp³-hybridized carbons (Fsp3) is 0.455. The molecule has 0 unspecified atom stereocenters. The minimum Gasteiger partial charge on any atom is -0.489 e. The van der Waals surface area contributed by atoms with Gasteiger partial charge in [-0.2, -0.15) is 0 Å². The Morgan fingerprint density at radius 1 is 1.56 bits per heavy atom.